The minimum Gasteiger partial charge on any atom is -0.370 e. The number of thiocarbonyl (C=S) groups is 1. The molecule has 0 amide bonds. The molecular formula is C17H21ClN3OS2+. The molecule has 1 aromatic heterocycles. The van der Waals surface area contributed by atoms with Crippen molar-refractivity contribution in [3.63, 3.8) is 0 Å². The normalized spacial score (nSPS) is 16.5. The predicted octanol–water partition coefficient (Wildman–Crippen LogP) is 2.34. The third-order valence-electron chi connectivity index (χ3n) is 4.08. The van der Waals surface area contributed by atoms with Gasteiger partial charge in [-0.1, -0.05) is 17.7 Å². The number of hydrogen-bond donors (Lipinski definition) is 3. The van der Waals surface area contributed by atoms with E-state index in [2.05, 4.69) is 28.1 Å². The summed E-state index contributed by atoms with van der Waals surface area (Å²) in [4.78, 5) is 2.93. The van der Waals surface area contributed by atoms with Gasteiger partial charge in [0, 0.05) is 10.7 Å². The maximum absolute atomic E-state index is 5.91. The Labute approximate surface area is 156 Å². The van der Waals surface area contributed by atoms with Crippen LogP contribution in [0.4, 0.5) is 5.69 Å². The lowest BCUT2D eigenvalue weighted by Gasteiger charge is -2.31. The van der Waals surface area contributed by atoms with E-state index in [9.17, 15) is 0 Å². The summed E-state index contributed by atoms with van der Waals surface area (Å²) < 4.78 is 5.49. The topological polar surface area (TPSA) is 37.7 Å². The molecule has 1 aromatic carbocycles. The van der Waals surface area contributed by atoms with Gasteiger partial charge in [0.2, 0.25) is 0 Å². The fourth-order valence-corrected chi connectivity index (χ4v) is 4.03. The molecule has 0 radical (unpaired) electrons. The van der Waals surface area contributed by atoms with Crippen LogP contribution in [0, 0.1) is 0 Å². The highest BCUT2D eigenvalue weighted by molar-refractivity contribution is 7.80. The highest BCUT2D eigenvalue weighted by Gasteiger charge is 2.27. The highest BCUT2D eigenvalue weighted by Crippen LogP contribution is 2.17. The van der Waals surface area contributed by atoms with Gasteiger partial charge in [-0.05, 0) is 47.9 Å². The highest BCUT2D eigenvalue weighted by atomic mass is 35.5. The van der Waals surface area contributed by atoms with Crippen molar-refractivity contribution in [3.05, 3.63) is 51.7 Å². The van der Waals surface area contributed by atoms with Crippen molar-refractivity contribution in [1.29, 1.82) is 0 Å². The molecule has 1 aliphatic rings. The van der Waals surface area contributed by atoms with Crippen LogP contribution in [0.25, 0.3) is 0 Å². The van der Waals surface area contributed by atoms with Crippen LogP contribution >= 0.6 is 35.2 Å². The number of hydrogen-bond acceptors (Lipinski definition) is 3. The molecular weight excluding hydrogens is 362 g/mol. The third-order valence-corrected chi connectivity index (χ3v) is 5.57. The number of anilines is 1. The van der Waals surface area contributed by atoms with Gasteiger partial charge in [0.05, 0.1) is 24.6 Å². The molecule has 2 aromatic rings. The molecule has 0 bridgehead atoms. The Morgan fingerprint density at radius 3 is 2.67 bits per heavy atom. The van der Waals surface area contributed by atoms with Gasteiger partial charge in [0.15, 0.2) is 5.11 Å². The Bertz CT molecular complexity index is 642. The first-order chi connectivity index (χ1) is 11.7. The van der Waals surface area contributed by atoms with E-state index in [4.69, 9.17) is 28.6 Å². The van der Waals surface area contributed by atoms with Gasteiger partial charge in [0.1, 0.15) is 19.1 Å². The number of nitrogens with one attached hydrogen (secondary N) is 3. The van der Waals surface area contributed by atoms with Crippen molar-refractivity contribution < 1.29 is 9.64 Å². The Balaban J connectivity index is 1.58. The summed E-state index contributed by atoms with van der Waals surface area (Å²) in [5.41, 5.74) is 0.934. The third kappa shape index (κ3) is 4.91. The van der Waals surface area contributed by atoms with Gasteiger partial charge < -0.3 is 20.3 Å². The molecule has 24 heavy (non-hydrogen) atoms. The standard InChI is InChI=1S/C17H20ClN3OS2/c18-13-3-5-14(6-4-13)20-17(23)19-12-15(16-2-1-11-24-16)21-7-9-22-10-8-21/h1-6,11,15H,7-10,12H2,(H2,19,20,23)/p+1/t15-/m1/s1. The van der Waals surface area contributed by atoms with Crippen LogP contribution in [-0.4, -0.2) is 38.0 Å². The molecule has 0 unspecified atom stereocenters. The van der Waals surface area contributed by atoms with E-state index < -0.39 is 0 Å². The number of thiophene rings is 1. The van der Waals surface area contributed by atoms with Gasteiger partial charge >= 0.3 is 0 Å². The van der Waals surface area contributed by atoms with E-state index in [1.807, 2.05) is 24.3 Å². The van der Waals surface area contributed by atoms with Crippen molar-refractivity contribution in [2.24, 2.45) is 0 Å². The molecule has 0 aliphatic carbocycles. The second-order valence-corrected chi connectivity index (χ2v) is 7.50. The minimum atomic E-state index is 0.388. The van der Waals surface area contributed by atoms with E-state index in [1.165, 1.54) is 4.88 Å². The number of morpholine rings is 1. The monoisotopic (exact) mass is 382 g/mol. The smallest absolute Gasteiger partial charge is 0.171 e. The zero-order chi connectivity index (χ0) is 16.8. The Kier molecular flexibility index (Phi) is 6.45. The molecule has 1 saturated heterocycles. The summed E-state index contributed by atoms with van der Waals surface area (Å²) in [6.07, 6.45) is 0. The Morgan fingerprint density at radius 2 is 2.00 bits per heavy atom. The lowest BCUT2D eigenvalue weighted by molar-refractivity contribution is -0.937. The fraction of sp³-hybridized carbons (Fsp3) is 0.353. The number of quaternary nitrogens is 1. The first-order valence-corrected chi connectivity index (χ1v) is 9.65. The Hall–Kier alpha value is -1.18. The van der Waals surface area contributed by atoms with Crippen molar-refractivity contribution >= 4 is 46.0 Å². The SMILES string of the molecule is S=C(NC[C@H](c1cccs1)[NH+]1CCOCC1)Nc1ccc(Cl)cc1. The summed E-state index contributed by atoms with van der Waals surface area (Å²) >= 11 is 13.1. The average Bonchev–Trinajstić information content (AvgIpc) is 3.12. The zero-order valence-corrected chi connectivity index (χ0v) is 15.6. The Morgan fingerprint density at radius 1 is 1.25 bits per heavy atom. The van der Waals surface area contributed by atoms with Crippen LogP contribution in [0.2, 0.25) is 5.02 Å². The largest absolute Gasteiger partial charge is 0.370 e. The van der Waals surface area contributed by atoms with Crippen molar-refractivity contribution in [2.75, 3.05) is 38.2 Å². The van der Waals surface area contributed by atoms with Gasteiger partial charge in [-0.15, -0.1) is 11.3 Å². The quantitative estimate of drug-likeness (QED) is 0.694. The molecule has 1 fully saturated rings. The lowest BCUT2D eigenvalue weighted by atomic mass is 10.2. The second kappa shape index (κ2) is 8.78. The van der Waals surface area contributed by atoms with E-state index >= 15 is 0 Å². The van der Waals surface area contributed by atoms with Crippen LogP contribution in [0.15, 0.2) is 41.8 Å². The van der Waals surface area contributed by atoms with Crippen LogP contribution in [0.3, 0.4) is 0 Å². The summed E-state index contributed by atoms with van der Waals surface area (Å²) in [5.74, 6) is 0. The van der Waals surface area contributed by atoms with E-state index in [0.29, 0.717) is 16.2 Å². The number of ether oxygens (including phenoxy) is 1. The van der Waals surface area contributed by atoms with Crippen molar-refractivity contribution in [2.45, 2.75) is 6.04 Å². The molecule has 7 heteroatoms. The molecule has 4 nitrogen and oxygen atoms in total. The lowest BCUT2D eigenvalue weighted by Crippen LogP contribution is -3.15. The van der Waals surface area contributed by atoms with Gasteiger partial charge in [-0.2, -0.15) is 0 Å². The van der Waals surface area contributed by atoms with E-state index in [-0.39, 0.29) is 0 Å². The van der Waals surface area contributed by atoms with Gasteiger partial charge in [-0.3, -0.25) is 0 Å². The minimum absolute atomic E-state index is 0.388. The molecule has 3 rings (SSSR count). The zero-order valence-electron chi connectivity index (χ0n) is 13.3. The first-order valence-electron chi connectivity index (χ1n) is 7.98. The van der Waals surface area contributed by atoms with Crippen LogP contribution in [0.1, 0.15) is 10.9 Å². The van der Waals surface area contributed by atoms with E-state index in [0.717, 1.165) is 38.5 Å². The van der Waals surface area contributed by atoms with E-state index in [1.54, 1.807) is 16.2 Å². The molecule has 3 N–H and O–H groups in total. The fourth-order valence-electron chi connectivity index (χ4n) is 2.82. The summed E-state index contributed by atoms with van der Waals surface area (Å²) in [6.45, 7) is 4.51. The molecule has 2 heterocycles. The van der Waals surface area contributed by atoms with Gasteiger partial charge in [-0.25, -0.2) is 0 Å². The van der Waals surface area contributed by atoms with Crippen LogP contribution < -0.4 is 15.5 Å². The predicted molar refractivity (Wildman–Crippen MR) is 104 cm³/mol. The number of benzene rings is 1. The average molecular weight is 383 g/mol. The molecule has 1 aliphatic heterocycles. The second-order valence-electron chi connectivity index (χ2n) is 5.68. The summed E-state index contributed by atoms with van der Waals surface area (Å²) in [5, 5.41) is 10.0. The van der Waals surface area contributed by atoms with Crippen LogP contribution in [-0.2, 0) is 4.74 Å². The van der Waals surface area contributed by atoms with Crippen LogP contribution in [0.5, 0.6) is 0 Å². The van der Waals surface area contributed by atoms with Crippen molar-refractivity contribution in [3.8, 4) is 0 Å². The molecule has 1 atom stereocenters. The number of rotatable bonds is 5. The van der Waals surface area contributed by atoms with Gasteiger partial charge in [0.25, 0.3) is 0 Å². The summed E-state index contributed by atoms with van der Waals surface area (Å²) in [6, 6.07) is 12.2. The summed E-state index contributed by atoms with van der Waals surface area (Å²) in [7, 11) is 0. The maximum atomic E-state index is 5.91. The molecule has 128 valence electrons. The molecule has 0 spiro atoms. The van der Waals surface area contributed by atoms with Crippen molar-refractivity contribution in [1.82, 2.24) is 5.32 Å². The maximum Gasteiger partial charge on any atom is 0.171 e. The molecule has 0 saturated carbocycles. The first kappa shape index (κ1) is 17.6. The number of halogens is 1.